The van der Waals surface area contributed by atoms with Gasteiger partial charge in [-0.3, -0.25) is 0 Å². The third kappa shape index (κ3) is 3.81. The van der Waals surface area contributed by atoms with Crippen LogP contribution in [0.1, 0.15) is 30.5 Å². The van der Waals surface area contributed by atoms with Crippen LogP contribution in [0, 0.1) is 6.92 Å². The van der Waals surface area contributed by atoms with Crippen molar-refractivity contribution >= 4 is 23.0 Å². The second-order valence-electron chi connectivity index (χ2n) is 4.78. The van der Waals surface area contributed by atoms with E-state index in [1.807, 2.05) is 24.3 Å². The zero-order valence-corrected chi connectivity index (χ0v) is 12.7. The van der Waals surface area contributed by atoms with E-state index in [0.29, 0.717) is 5.11 Å². The van der Waals surface area contributed by atoms with E-state index in [2.05, 4.69) is 54.8 Å². The topological polar surface area (TPSA) is 24.1 Å². The van der Waals surface area contributed by atoms with E-state index in [0.717, 1.165) is 12.1 Å². The number of anilines is 1. The van der Waals surface area contributed by atoms with Gasteiger partial charge in [-0.25, -0.2) is 0 Å². The van der Waals surface area contributed by atoms with Gasteiger partial charge in [-0.2, -0.15) is 0 Å². The van der Waals surface area contributed by atoms with Crippen LogP contribution in [0.5, 0.6) is 0 Å². The first-order valence-corrected chi connectivity index (χ1v) is 7.29. The molecular weight excluding hydrogens is 264 g/mol. The minimum atomic E-state index is 0.236. The predicted octanol–water partition coefficient (Wildman–Crippen LogP) is 4.43. The van der Waals surface area contributed by atoms with Gasteiger partial charge < -0.3 is 10.6 Å². The summed E-state index contributed by atoms with van der Waals surface area (Å²) in [5.41, 5.74) is 3.49. The van der Waals surface area contributed by atoms with Crippen molar-refractivity contribution in [1.29, 1.82) is 0 Å². The Hall–Kier alpha value is -1.87. The van der Waals surface area contributed by atoms with Crippen LogP contribution in [0.4, 0.5) is 5.69 Å². The number of rotatable bonds is 4. The highest BCUT2D eigenvalue weighted by Crippen LogP contribution is 2.17. The lowest BCUT2D eigenvalue weighted by Gasteiger charge is -2.20. The minimum Gasteiger partial charge on any atom is -0.356 e. The molecule has 0 radical (unpaired) electrons. The molecule has 1 atom stereocenters. The van der Waals surface area contributed by atoms with Gasteiger partial charge in [0.2, 0.25) is 0 Å². The van der Waals surface area contributed by atoms with Gasteiger partial charge in [0.05, 0.1) is 6.04 Å². The van der Waals surface area contributed by atoms with Crippen LogP contribution < -0.4 is 10.6 Å². The summed E-state index contributed by atoms with van der Waals surface area (Å²) in [7, 11) is 0. The number of aryl methyl sites for hydroxylation is 1. The van der Waals surface area contributed by atoms with E-state index >= 15 is 0 Å². The number of thiocarbonyl (C=S) groups is 1. The van der Waals surface area contributed by atoms with Crippen molar-refractivity contribution in [2.45, 2.75) is 26.3 Å². The fraction of sp³-hybridized carbons (Fsp3) is 0.235. The van der Waals surface area contributed by atoms with Gasteiger partial charge in [-0.15, -0.1) is 0 Å². The highest BCUT2D eigenvalue weighted by atomic mass is 32.1. The molecule has 0 aliphatic carbocycles. The van der Waals surface area contributed by atoms with Gasteiger partial charge in [-0.1, -0.05) is 55.5 Å². The van der Waals surface area contributed by atoms with Crippen LogP contribution in [0.3, 0.4) is 0 Å². The molecule has 0 bridgehead atoms. The number of benzene rings is 2. The quantitative estimate of drug-likeness (QED) is 0.812. The summed E-state index contributed by atoms with van der Waals surface area (Å²) in [6.07, 6.45) is 0.986. The average Bonchev–Trinajstić information content (AvgIpc) is 2.48. The molecule has 0 aromatic heterocycles. The van der Waals surface area contributed by atoms with Gasteiger partial charge >= 0.3 is 0 Å². The maximum absolute atomic E-state index is 5.42. The minimum absolute atomic E-state index is 0.236. The zero-order valence-electron chi connectivity index (χ0n) is 11.9. The van der Waals surface area contributed by atoms with Crippen LogP contribution in [0.2, 0.25) is 0 Å². The standard InChI is InChI=1S/C17H20N2S/c1-3-15(14-10-5-4-6-11-14)18-17(20)19-16-12-8-7-9-13(16)2/h4-12,15H,3H2,1-2H3,(H2,18,19,20). The Morgan fingerprint density at radius 3 is 2.35 bits per heavy atom. The van der Waals surface area contributed by atoms with Crippen LogP contribution in [-0.4, -0.2) is 5.11 Å². The van der Waals surface area contributed by atoms with Crippen molar-refractivity contribution in [2.75, 3.05) is 5.32 Å². The predicted molar refractivity (Wildman–Crippen MR) is 90.0 cm³/mol. The Morgan fingerprint density at radius 1 is 1.05 bits per heavy atom. The third-order valence-corrected chi connectivity index (χ3v) is 3.53. The first kappa shape index (κ1) is 14.5. The van der Waals surface area contributed by atoms with E-state index in [1.54, 1.807) is 0 Å². The molecule has 0 spiro atoms. The van der Waals surface area contributed by atoms with E-state index in [9.17, 15) is 0 Å². The molecule has 2 nitrogen and oxygen atoms in total. The normalized spacial score (nSPS) is 11.7. The lowest BCUT2D eigenvalue weighted by molar-refractivity contribution is 0.629. The monoisotopic (exact) mass is 284 g/mol. The van der Waals surface area contributed by atoms with Crippen molar-refractivity contribution in [3.05, 3.63) is 65.7 Å². The highest BCUT2D eigenvalue weighted by Gasteiger charge is 2.10. The van der Waals surface area contributed by atoms with Crippen molar-refractivity contribution in [3.8, 4) is 0 Å². The molecule has 2 aromatic carbocycles. The molecule has 0 heterocycles. The number of hydrogen-bond donors (Lipinski definition) is 2. The lowest BCUT2D eigenvalue weighted by Crippen LogP contribution is -2.32. The van der Waals surface area contributed by atoms with Crippen molar-refractivity contribution < 1.29 is 0 Å². The molecule has 0 fully saturated rings. The highest BCUT2D eigenvalue weighted by molar-refractivity contribution is 7.80. The molecule has 20 heavy (non-hydrogen) atoms. The number of nitrogens with one attached hydrogen (secondary N) is 2. The maximum Gasteiger partial charge on any atom is 0.171 e. The molecule has 0 saturated carbocycles. The summed E-state index contributed by atoms with van der Waals surface area (Å²) in [4.78, 5) is 0. The fourth-order valence-corrected chi connectivity index (χ4v) is 2.39. The molecule has 2 N–H and O–H groups in total. The summed E-state index contributed by atoms with van der Waals surface area (Å²) in [5, 5.41) is 7.31. The van der Waals surface area contributed by atoms with Crippen LogP contribution >= 0.6 is 12.2 Å². The van der Waals surface area contributed by atoms with E-state index in [-0.39, 0.29) is 6.04 Å². The van der Waals surface area contributed by atoms with E-state index in [1.165, 1.54) is 11.1 Å². The Balaban J connectivity index is 2.02. The van der Waals surface area contributed by atoms with Gasteiger partial charge in [-0.05, 0) is 42.8 Å². The molecule has 0 aliphatic rings. The Morgan fingerprint density at radius 2 is 1.70 bits per heavy atom. The van der Waals surface area contributed by atoms with Crippen molar-refractivity contribution in [3.63, 3.8) is 0 Å². The van der Waals surface area contributed by atoms with Gasteiger partial charge in [0.15, 0.2) is 5.11 Å². The van der Waals surface area contributed by atoms with Crippen molar-refractivity contribution in [2.24, 2.45) is 0 Å². The van der Waals surface area contributed by atoms with Crippen LogP contribution in [0.15, 0.2) is 54.6 Å². The summed E-state index contributed by atoms with van der Waals surface area (Å²) in [6, 6.07) is 18.7. The Labute approximate surface area is 126 Å². The molecule has 104 valence electrons. The van der Waals surface area contributed by atoms with Crippen molar-refractivity contribution in [1.82, 2.24) is 5.32 Å². The van der Waals surface area contributed by atoms with E-state index in [4.69, 9.17) is 12.2 Å². The number of para-hydroxylation sites is 1. The Bertz CT molecular complexity index is 566. The molecule has 1 unspecified atom stereocenters. The number of hydrogen-bond acceptors (Lipinski definition) is 1. The summed E-state index contributed by atoms with van der Waals surface area (Å²) >= 11 is 5.42. The maximum atomic E-state index is 5.42. The van der Waals surface area contributed by atoms with E-state index < -0.39 is 0 Å². The van der Waals surface area contributed by atoms with Gasteiger partial charge in [0.25, 0.3) is 0 Å². The first-order valence-electron chi connectivity index (χ1n) is 6.88. The lowest BCUT2D eigenvalue weighted by atomic mass is 10.1. The average molecular weight is 284 g/mol. The molecule has 0 saturated heterocycles. The Kier molecular flexibility index (Phi) is 5.13. The van der Waals surface area contributed by atoms with Crippen LogP contribution in [0.25, 0.3) is 0 Å². The third-order valence-electron chi connectivity index (χ3n) is 3.31. The first-order chi connectivity index (χ1) is 9.70. The smallest absolute Gasteiger partial charge is 0.171 e. The molecular formula is C17H20N2S. The zero-order chi connectivity index (χ0) is 14.4. The van der Waals surface area contributed by atoms with Crippen LogP contribution in [-0.2, 0) is 0 Å². The largest absolute Gasteiger partial charge is 0.356 e. The van der Waals surface area contributed by atoms with Gasteiger partial charge in [0.1, 0.15) is 0 Å². The molecule has 0 amide bonds. The second kappa shape index (κ2) is 7.06. The fourth-order valence-electron chi connectivity index (χ4n) is 2.14. The summed E-state index contributed by atoms with van der Waals surface area (Å²) < 4.78 is 0. The molecule has 2 aromatic rings. The van der Waals surface area contributed by atoms with Gasteiger partial charge in [0, 0.05) is 5.69 Å². The second-order valence-corrected chi connectivity index (χ2v) is 5.19. The molecule has 3 heteroatoms. The molecule has 2 rings (SSSR count). The SMILES string of the molecule is CCC(NC(=S)Nc1ccccc1C)c1ccccc1. The summed E-state index contributed by atoms with van der Waals surface area (Å²) in [6.45, 7) is 4.22. The molecule has 0 aliphatic heterocycles. The summed E-state index contributed by atoms with van der Waals surface area (Å²) in [5.74, 6) is 0.